The number of rotatable bonds is 5. The summed E-state index contributed by atoms with van der Waals surface area (Å²) in [5.74, 6) is 0.630. The van der Waals surface area contributed by atoms with Crippen molar-refractivity contribution >= 4 is 43.9 Å². The van der Waals surface area contributed by atoms with E-state index in [9.17, 15) is 9.65 Å². The molecule has 0 aliphatic carbocycles. The number of aryl methyl sites for hydroxylation is 2. The molecule has 30 heavy (non-hydrogen) atoms. The maximum atomic E-state index is 13.4. The summed E-state index contributed by atoms with van der Waals surface area (Å²) in [5, 5.41) is 10.4. The van der Waals surface area contributed by atoms with Gasteiger partial charge in [-0.3, -0.25) is 4.40 Å². The fraction of sp³-hybridized carbons (Fsp3) is 0.227. The predicted octanol–water partition coefficient (Wildman–Crippen LogP) is 6.26. The minimum atomic E-state index is -0.317. The summed E-state index contributed by atoms with van der Waals surface area (Å²) in [6.45, 7) is 6.83. The van der Waals surface area contributed by atoms with E-state index in [4.69, 9.17) is 9.97 Å². The van der Waals surface area contributed by atoms with Crippen LogP contribution >= 0.6 is 27.3 Å². The molecule has 4 rings (SSSR count). The van der Waals surface area contributed by atoms with Gasteiger partial charge in [0, 0.05) is 22.8 Å². The number of benzene rings is 1. The topological polar surface area (TPSA) is 57.2 Å². The van der Waals surface area contributed by atoms with Gasteiger partial charge in [-0.25, -0.2) is 14.4 Å². The molecular formula is C22H19BrFN5S. The number of anilines is 2. The van der Waals surface area contributed by atoms with Crippen LogP contribution in [0.25, 0.3) is 16.9 Å². The summed E-state index contributed by atoms with van der Waals surface area (Å²) in [5.41, 5.74) is 4.23. The molecule has 0 unspecified atom stereocenters. The van der Waals surface area contributed by atoms with Gasteiger partial charge >= 0.3 is 0 Å². The zero-order valence-corrected chi connectivity index (χ0v) is 19.2. The Hall–Kier alpha value is -2.76. The zero-order valence-electron chi connectivity index (χ0n) is 16.8. The molecule has 8 heteroatoms. The van der Waals surface area contributed by atoms with Gasteiger partial charge in [0.25, 0.3) is 0 Å². The van der Waals surface area contributed by atoms with Gasteiger partial charge in [-0.15, -0.1) is 0 Å². The van der Waals surface area contributed by atoms with Crippen LogP contribution in [0.2, 0.25) is 0 Å². The Morgan fingerprint density at radius 3 is 2.60 bits per heavy atom. The van der Waals surface area contributed by atoms with Crippen molar-refractivity contribution in [3.05, 3.63) is 63.0 Å². The second kappa shape index (κ2) is 8.17. The highest BCUT2D eigenvalue weighted by atomic mass is 79.9. The van der Waals surface area contributed by atoms with Crippen LogP contribution in [0.5, 0.6) is 0 Å². The lowest BCUT2D eigenvalue weighted by atomic mass is 10.1. The molecule has 0 aliphatic rings. The molecule has 3 aromatic heterocycles. The largest absolute Gasteiger partial charge is 0.302 e. The Morgan fingerprint density at radius 1 is 1.23 bits per heavy atom. The Morgan fingerprint density at radius 2 is 1.97 bits per heavy atom. The van der Waals surface area contributed by atoms with E-state index in [0.717, 1.165) is 39.2 Å². The first kappa shape index (κ1) is 20.5. The summed E-state index contributed by atoms with van der Waals surface area (Å²) in [6, 6.07) is 10.4. The van der Waals surface area contributed by atoms with Gasteiger partial charge < -0.3 is 4.90 Å². The lowest BCUT2D eigenvalue weighted by Crippen LogP contribution is -2.19. The van der Waals surface area contributed by atoms with Crippen LogP contribution < -0.4 is 4.90 Å². The highest BCUT2D eigenvalue weighted by molar-refractivity contribution is 9.10. The molecule has 0 fully saturated rings. The Balaban J connectivity index is 1.90. The number of halogens is 2. The molecule has 0 saturated heterocycles. The molecule has 0 N–H and O–H groups in total. The van der Waals surface area contributed by atoms with E-state index in [1.807, 2.05) is 19.2 Å². The number of imidazole rings is 1. The van der Waals surface area contributed by atoms with Gasteiger partial charge in [0.2, 0.25) is 0 Å². The second-order valence-corrected chi connectivity index (χ2v) is 8.70. The van der Waals surface area contributed by atoms with Crippen LogP contribution in [-0.4, -0.2) is 20.9 Å². The molecule has 4 aromatic rings. The number of fused-ring (bicyclic) bond motifs is 1. The van der Waals surface area contributed by atoms with E-state index < -0.39 is 0 Å². The van der Waals surface area contributed by atoms with E-state index in [1.165, 1.54) is 23.5 Å². The van der Waals surface area contributed by atoms with Crippen molar-refractivity contribution in [2.75, 3.05) is 11.4 Å². The maximum absolute atomic E-state index is 13.4. The van der Waals surface area contributed by atoms with Crippen LogP contribution in [0.15, 0.2) is 41.0 Å². The van der Waals surface area contributed by atoms with E-state index in [0.29, 0.717) is 22.2 Å². The van der Waals surface area contributed by atoms with Gasteiger partial charge in [0.1, 0.15) is 33.9 Å². The first-order valence-corrected chi connectivity index (χ1v) is 11.2. The highest BCUT2D eigenvalue weighted by Gasteiger charge is 2.24. The molecule has 1 aromatic carbocycles. The summed E-state index contributed by atoms with van der Waals surface area (Å²) >= 11 is 4.92. The molecular weight excluding hydrogens is 465 g/mol. The minimum Gasteiger partial charge on any atom is -0.302 e. The minimum absolute atomic E-state index is 0.317. The smallest absolute Gasteiger partial charge is 0.192 e. The molecule has 0 amide bonds. The summed E-state index contributed by atoms with van der Waals surface area (Å²) in [7, 11) is 0. The predicted molar refractivity (Wildman–Crippen MR) is 122 cm³/mol. The van der Waals surface area contributed by atoms with Crippen LogP contribution in [0.1, 0.15) is 30.0 Å². The number of pyridine rings is 1. The number of aromatic nitrogens is 3. The van der Waals surface area contributed by atoms with E-state index in [2.05, 4.69) is 45.1 Å². The molecule has 0 atom stereocenters. The van der Waals surface area contributed by atoms with E-state index in [1.54, 1.807) is 12.1 Å². The van der Waals surface area contributed by atoms with Crippen LogP contribution in [0.4, 0.5) is 15.3 Å². The Kier molecular flexibility index (Phi) is 5.58. The van der Waals surface area contributed by atoms with Crippen molar-refractivity contribution in [2.24, 2.45) is 0 Å². The number of nitriles is 1. The van der Waals surface area contributed by atoms with Crippen LogP contribution in [0.3, 0.4) is 0 Å². The van der Waals surface area contributed by atoms with Crippen molar-refractivity contribution in [1.82, 2.24) is 14.4 Å². The molecule has 5 nitrogen and oxygen atoms in total. The summed E-state index contributed by atoms with van der Waals surface area (Å²) in [6.07, 6.45) is 2.78. The maximum Gasteiger partial charge on any atom is 0.192 e. The highest BCUT2D eigenvalue weighted by Crippen LogP contribution is 2.38. The molecule has 0 radical (unpaired) electrons. The molecule has 0 aliphatic heterocycles. The zero-order chi connectivity index (χ0) is 21.4. The monoisotopic (exact) mass is 483 g/mol. The molecule has 0 spiro atoms. The first-order chi connectivity index (χ1) is 14.5. The summed E-state index contributed by atoms with van der Waals surface area (Å²) in [4.78, 5) is 12.2. The third kappa shape index (κ3) is 3.48. The van der Waals surface area contributed by atoms with Gasteiger partial charge in [-0.2, -0.15) is 5.26 Å². The lowest BCUT2D eigenvalue weighted by molar-refractivity contribution is 0.628. The molecule has 0 bridgehead atoms. The Labute approximate surface area is 186 Å². The lowest BCUT2D eigenvalue weighted by Gasteiger charge is -2.21. The number of nitrogens with zero attached hydrogens (tertiary/aromatic N) is 5. The van der Waals surface area contributed by atoms with Crippen LogP contribution in [0, 0.1) is 24.1 Å². The quantitative estimate of drug-likeness (QED) is 0.336. The van der Waals surface area contributed by atoms with E-state index >= 15 is 0 Å². The SMILES string of the molecule is CCc1nc2c(C)cc(Br)cn2c1N(CC)c1nc(-c2ccc(F)cc2)c(C#N)s1. The molecule has 3 heterocycles. The Bertz CT molecular complexity index is 1270. The standard InChI is InChI=1S/C22H19BrFN5S/c1-4-17-21(29-12-15(23)10-13(3)20(29)26-17)28(5-2)22-27-19(18(11-25)30-22)14-6-8-16(24)9-7-14/h6-10,12H,4-5H2,1-3H3. The summed E-state index contributed by atoms with van der Waals surface area (Å²) < 4.78 is 16.4. The van der Waals surface area contributed by atoms with E-state index in [-0.39, 0.29) is 5.82 Å². The average molecular weight is 484 g/mol. The second-order valence-electron chi connectivity index (χ2n) is 6.81. The normalized spacial score (nSPS) is 11.1. The number of thiazole rings is 1. The van der Waals surface area contributed by atoms with Crippen LogP contribution in [-0.2, 0) is 6.42 Å². The third-order valence-corrected chi connectivity index (χ3v) is 6.30. The molecule has 152 valence electrons. The van der Waals surface area contributed by atoms with Crippen molar-refractivity contribution < 1.29 is 4.39 Å². The van der Waals surface area contributed by atoms with Gasteiger partial charge in [0.15, 0.2) is 5.13 Å². The average Bonchev–Trinajstić information content (AvgIpc) is 3.32. The fourth-order valence-corrected chi connectivity index (χ4v) is 5.00. The van der Waals surface area contributed by atoms with Crippen molar-refractivity contribution in [3.8, 4) is 17.3 Å². The molecule has 0 saturated carbocycles. The number of hydrogen-bond acceptors (Lipinski definition) is 5. The first-order valence-electron chi connectivity index (χ1n) is 9.58. The number of hydrogen-bond donors (Lipinski definition) is 0. The fourth-order valence-electron chi connectivity index (χ4n) is 3.51. The van der Waals surface area contributed by atoms with Gasteiger partial charge in [0.05, 0.1) is 5.69 Å². The third-order valence-electron chi connectivity index (χ3n) is 4.89. The van der Waals surface area contributed by atoms with Crippen molar-refractivity contribution in [1.29, 1.82) is 5.26 Å². The van der Waals surface area contributed by atoms with Crippen molar-refractivity contribution in [3.63, 3.8) is 0 Å². The van der Waals surface area contributed by atoms with Gasteiger partial charge in [-0.05, 0) is 72.1 Å². The van der Waals surface area contributed by atoms with Crippen molar-refractivity contribution in [2.45, 2.75) is 27.2 Å². The van der Waals surface area contributed by atoms with Gasteiger partial charge in [-0.1, -0.05) is 18.3 Å².